The molecule has 0 spiro atoms. The van der Waals surface area contributed by atoms with Crippen molar-refractivity contribution < 1.29 is 4.42 Å². The molecule has 1 saturated carbocycles. The van der Waals surface area contributed by atoms with Crippen LogP contribution in [-0.2, 0) is 6.54 Å². The SMILES string of the molecule is CN(C)c1nc(N[C@H]2CC[C@@H](CNCc3ccc(-c4ccccc4Cl)o3)CC2)nc2ccccc12. The molecular weight excluding hydrogens is 458 g/mol. The molecule has 2 aromatic heterocycles. The lowest BCUT2D eigenvalue weighted by atomic mass is 9.86. The summed E-state index contributed by atoms with van der Waals surface area (Å²) in [5.74, 6) is 4.08. The third-order valence-electron chi connectivity index (χ3n) is 6.72. The number of hydrogen-bond acceptors (Lipinski definition) is 6. The van der Waals surface area contributed by atoms with Gasteiger partial charge in [0.1, 0.15) is 17.3 Å². The monoisotopic (exact) mass is 489 g/mol. The molecular formula is C28H32ClN5O. The molecule has 0 radical (unpaired) electrons. The van der Waals surface area contributed by atoms with Gasteiger partial charge >= 0.3 is 0 Å². The van der Waals surface area contributed by atoms with E-state index in [-0.39, 0.29) is 0 Å². The summed E-state index contributed by atoms with van der Waals surface area (Å²) in [7, 11) is 4.05. The average molecular weight is 490 g/mol. The zero-order valence-electron chi connectivity index (χ0n) is 20.3. The number of hydrogen-bond donors (Lipinski definition) is 2. The summed E-state index contributed by atoms with van der Waals surface area (Å²) in [6.45, 7) is 1.72. The Kier molecular flexibility index (Phi) is 7.21. The molecule has 2 N–H and O–H groups in total. The fourth-order valence-corrected chi connectivity index (χ4v) is 5.07. The van der Waals surface area contributed by atoms with Crippen molar-refractivity contribution in [3.05, 3.63) is 71.4 Å². The lowest BCUT2D eigenvalue weighted by Crippen LogP contribution is -2.31. The van der Waals surface area contributed by atoms with E-state index in [9.17, 15) is 0 Å². The molecule has 1 fully saturated rings. The van der Waals surface area contributed by atoms with E-state index in [1.165, 1.54) is 12.8 Å². The molecule has 0 aliphatic heterocycles. The Morgan fingerprint density at radius 1 is 0.943 bits per heavy atom. The quantitative estimate of drug-likeness (QED) is 0.300. The molecule has 2 aromatic carbocycles. The predicted octanol–water partition coefficient (Wildman–Crippen LogP) is 6.37. The fraction of sp³-hybridized carbons (Fsp3) is 0.357. The zero-order chi connectivity index (χ0) is 24.2. The maximum atomic E-state index is 6.29. The lowest BCUT2D eigenvalue weighted by molar-refractivity contribution is 0.320. The Morgan fingerprint density at radius 3 is 2.51 bits per heavy atom. The van der Waals surface area contributed by atoms with Gasteiger partial charge in [0.05, 0.1) is 17.1 Å². The van der Waals surface area contributed by atoms with E-state index >= 15 is 0 Å². The van der Waals surface area contributed by atoms with E-state index in [0.29, 0.717) is 17.0 Å². The van der Waals surface area contributed by atoms with E-state index in [0.717, 1.165) is 65.7 Å². The number of rotatable bonds is 8. The first-order valence-electron chi connectivity index (χ1n) is 12.3. The van der Waals surface area contributed by atoms with Crippen LogP contribution < -0.4 is 15.5 Å². The summed E-state index contributed by atoms with van der Waals surface area (Å²) in [6.07, 6.45) is 4.61. The van der Waals surface area contributed by atoms with Crippen LogP contribution in [0.4, 0.5) is 11.8 Å². The fourth-order valence-electron chi connectivity index (χ4n) is 4.84. The zero-order valence-corrected chi connectivity index (χ0v) is 21.1. The van der Waals surface area contributed by atoms with Gasteiger partial charge in [0.25, 0.3) is 0 Å². The first-order valence-corrected chi connectivity index (χ1v) is 12.7. The van der Waals surface area contributed by atoms with Crippen molar-refractivity contribution in [2.45, 2.75) is 38.3 Å². The van der Waals surface area contributed by atoms with Crippen molar-refractivity contribution in [1.29, 1.82) is 0 Å². The topological polar surface area (TPSA) is 66.2 Å². The van der Waals surface area contributed by atoms with Crippen LogP contribution in [0.5, 0.6) is 0 Å². The summed E-state index contributed by atoms with van der Waals surface area (Å²) in [5, 5.41) is 8.96. The van der Waals surface area contributed by atoms with Crippen molar-refractivity contribution in [2.75, 3.05) is 30.9 Å². The highest BCUT2D eigenvalue weighted by Gasteiger charge is 2.22. The van der Waals surface area contributed by atoms with Crippen LogP contribution in [0, 0.1) is 5.92 Å². The normalized spacial score (nSPS) is 18.0. The minimum Gasteiger partial charge on any atom is -0.460 e. The molecule has 1 aliphatic carbocycles. The van der Waals surface area contributed by atoms with E-state index in [2.05, 4.69) is 16.7 Å². The van der Waals surface area contributed by atoms with Crippen molar-refractivity contribution in [2.24, 2.45) is 5.92 Å². The average Bonchev–Trinajstić information content (AvgIpc) is 3.33. The van der Waals surface area contributed by atoms with Gasteiger partial charge in [-0.1, -0.05) is 35.9 Å². The molecule has 7 heteroatoms. The van der Waals surface area contributed by atoms with Gasteiger partial charge in [0.15, 0.2) is 0 Å². The van der Waals surface area contributed by atoms with Crippen molar-refractivity contribution in [3.8, 4) is 11.3 Å². The van der Waals surface area contributed by atoms with Crippen LogP contribution in [0.25, 0.3) is 22.2 Å². The van der Waals surface area contributed by atoms with Crippen LogP contribution in [0.15, 0.2) is 65.1 Å². The van der Waals surface area contributed by atoms with Gasteiger partial charge in [-0.25, -0.2) is 4.98 Å². The molecule has 0 amide bonds. The molecule has 6 nitrogen and oxygen atoms in total. The second-order valence-electron chi connectivity index (χ2n) is 9.52. The molecule has 4 aromatic rings. The van der Waals surface area contributed by atoms with Gasteiger partial charge in [-0.2, -0.15) is 4.98 Å². The molecule has 0 saturated heterocycles. The number of nitrogens with one attached hydrogen (secondary N) is 2. The van der Waals surface area contributed by atoms with Crippen LogP contribution in [0.3, 0.4) is 0 Å². The molecule has 0 atom stereocenters. The molecule has 35 heavy (non-hydrogen) atoms. The standard InChI is InChI=1S/C28H32ClN5O/c1-34(2)27-23-8-4-6-10-25(23)32-28(33-27)31-20-13-11-19(12-14-20)17-30-18-21-15-16-26(35-21)22-7-3-5-9-24(22)29/h3-10,15-16,19-20,30H,11-14,17-18H2,1-2H3,(H,31,32,33)/t19-,20+. The number of benzene rings is 2. The van der Waals surface area contributed by atoms with Gasteiger partial charge < -0.3 is 20.0 Å². The van der Waals surface area contributed by atoms with Gasteiger partial charge in [0, 0.05) is 31.1 Å². The van der Waals surface area contributed by atoms with Crippen molar-refractivity contribution in [1.82, 2.24) is 15.3 Å². The molecule has 1 aliphatic rings. The molecule has 5 rings (SSSR count). The molecule has 2 heterocycles. The number of anilines is 2. The summed E-state index contributed by atoms with van der Waals surface area (Å²) in [4.78, 5) is 11.6. The first kappa shape index (κ1) is 23.6. The summed E-state index contributed by atoms with van der Waals surface area (Å²) >= 11 is 6.29. The minimum atomic E-state index is 0.408. The third-order valence-corrected chi connectivity index (χ3v) is 7.05. The van der Waals surface area contributed by atoms with Gasteiger partial charge in [0.2, 0.25) is 5.95 Å². The summed E-state index contributed by atoms with van der Waals surface area (Å²) in [5.41, 5.74) is 1.90. The Hall–Kier alpha value is -3.09. The largest absolute Gasteiger partial charge is 0.460 e. The minimum absolute atomic E-state index is 0.408. The smallest absolute Gasteiger partial charge is 0.225 e. The second-order valence-corrected chi connectivity index (χ2v) is 9.93. The highest BCUT2D eigenvalue weighted by Crippen LogP contribution is 2.30. The first-order chi connectivity index (χ1) is 17.1. The van der Waals surface area contributed by atoms with Gasteiger partial charge in [-0.15, -0.1) is 0 Å². The van der Waals surface area contributed by atoms with E-state index in [1.54, 1.807) is 0 Å². The molecule has 0 bridgehead atoms. The van der Waals surface area contributed by atoms with Crippen molar-refractivity contribution >= 4 is 34.3 Å². The van der Waals surface area contributed by atoms with Crippen molar-refractivity contribution in [3.63, 3.8) is 0 Å². The van der Waals surface area contributed by atoms with Gasteiger partial charge in [-0.05, 0) is 74.5 Å². The third kappa shape index (κ3) is 5.60. The Morgan fingerprint density at radius 2 is 1.71 bits per heavy atom. The second kappa shape index (κ2) is 10.7. The number of para-hydroxylation sites is 1. The van der Waals surface area contributed by atoms with Crippen LogP contribution in [0.2, 0.25) is 5.02 Å². The van der Waals surface area contributed by atoms with Crippen LogP contribution >= 0.6 is 11.6 Å². The molecule has 0 unspecified atom stereocenters. The Labute approximate surface area is 211 Å². The highest BCUT2D eigenvalue weighted by molar-refractivity contribution is 6.33. The predicted molar refractivity (Wildman–Crippen MR) is 144 cm³/mol. The highest BCUT2D eigenvalue weighted by atomic mass is 35.5. The van der Waals surface area contributed by atoms with E-state index < -0.39 is 0 Å². The molecule has 182 valence electrons. The number of halogens is 1. The lowest BCUT2D eigenvalue weighted by Gasteiger charge is -2.29. The summed E-state index contributed by atoms with van der Waals surface area (Å²) < 4.78 is 6.01. The Bertz CT molecular complexity index is 1280. The number of nitrogens with zero attached hydrogens (tertiary/aromatic N) is 3. The number of fused-ring (bicyclic) bond motifs is 1. The maximum absolute atomic E-state index is 6.29. The van der Waals surface area contributed by atoms with Crippen LogP contribution in [-0.4, -0.2) is 36.6 Å². The van der Waals surface area contributed by atoms with Gasteiger partial charge in [-0.3, -0.25) is 0 Å². The van der Waals surface area contributed by atoms with Crippen LogP contribution in [0.1, 0.15) is 31.4 Å². The summed E-state index contributed by atoms with van der Waals surface area (Å²) in [6, 6.07) is 20.4. The number of aromatic nitrogens is 2. The number of furan rings is 1. The van der Waals surface area contributed by atoms with E-state index in [4.69, 9.17) is 26.0 Å². The Balaban J connectivity index is 1.11. The maximum Gasteiger partial charge on any atom is 0.225 e. The van der Waals surface area contributed by atoms with E-state index in [1.807, 2.05) is 73.6 Å².